The van der Waals surface area contributed by atoms with E-state index in [1.165, 1.54) is 0 Å². The number of hydrogen-bond donors (Lipinski definition) is 4. The van der Waals surface area contributed by atoms with Gasteiger partial charge in [0.1, 0.15) is 11.5 Å². The van der Waals surface area contributed by atoms with Crippen LogP contribution in [0.15, 0.2) is 16.7 Å². The smallest absolute Gasteiger partial charge is 0.298 e. The van der Waals surface area contributed by atoms with Crippen molar-refractivity contribution in [2.45, 2.75) is 31.9 Å². The number of nitrogens with one attached hydrogen (secondary N) is 1. The van der Waals surface area contributed by atoms with Gasteiger partial charge in [-0.3, -0.25) is 4.90 Å². The van der Waals surface area contributed by atoms with Gasteiger partial charge in [-0.15, -0.1) is 0 Å². The second-order valence-electron chi connectivity index (χ2n) is 8.11. The Morgan fingerprint density at radius 3 is 3.00 bits per heavy atom. The maximum atomic E-state index is 10.8. The highest BCUT2D eigenvalue weighted by molar-refractivity contribution is 5.78. The van der Waals surface area contributed by atoms with E-state index in [2.05, 4.69) is 20.3 Å². The second kappa shape index (κ2) is 7.95. The molecular weight excluding hydrogens is 402 g/mol. The molecule has 1 fully saturated rings. The summed E-state index contributed by atoms with van der Waals surface area (Å²) in [5, 5.41) is 33.3. The Balaban J connectivity index is 1.41. The van der Waals surface area contributed by atoms with Crippen molar-refractivity contribution in [1.29, 1.82) is 0 Å². The van der Waals surface area contributed by atoms with Crippen LogP contribution in [0.2, 0.25) is 0 Å². The number of oxazole rings is 1. The van der Waals surface area contributed by atoms with Crippen molar-refractivity contribution in [1.82, 2.24) is 19.9 Å². The molecule has 0 bridgehead atoms. The number of rotatable bonds is 5. The van der Waals surface area contributed by atoms with Crippen LogP contribution in [0, 0.1) is 6.92 Å². The zero-order valence-electron chi connectivity index (χ0n) is 17.2. The fourth-order valence-corrected chi connectivity index (χ4v) is 4.44. The van der Waals surface area contributed by atoms with Gasteiger partial charge >= 0.3 is 0 Å². The third-order valence-electron chi connectivity index (χ3n) is 5.80. The molecule has 0 radical (unpaired) electrons. The number of benzene rings is 1. The molecule has 2 atom stereocenters. The van der Waals surface area contributed by atoms with Crippen LogP contribution >= 0.6 is 0 Å². The lowest BCUT2D eigenvalue weighted by atomic mass is 9.99. The van der Waals surface area contributed by atoms with Gasteiger partial charge in [0.05, 0.1) is 31.2 Å². The van der Waals surface area contributed by atoms with Gasteiger partial charge in [-0.2, -0.15) is 4.98 Å². The molecule has 3 aromatic rings. The summed E-state index contributed by atoms with van der Waals surface area (Å²) in [4.78, 5) is 15.3. The predicted molar refractivity (Wildman–Crippen MR) is 112 cm³/mol. The molecule has 0 unspecified atom stereocenters. The lowest BCUT2D eigenvalue weighted by molar-refractivity contribution is 0.0547. The van der Waals surface area contributed by atoms with Gasteiger partial charge in [0.15, 0.2) is 0 Å². The molecule has 5 rings (SSSR count). The highest BCUT2D eigenvalue weighted by Crippen LogP contribution is 2.42. The number of nitrogens with zero attached hydrogens (tertiary/aromatic N) is 4. The Labute approximate surface area is 178 Å². The van der Waals surface area contributed by atoms with Crippen molar-refractivity contribution in [3.05, 3.63) is 23.4 Å². The number of aromatic hydroxyl groups is 1. The second-order valence-corrected chi connectivity index (χ2v) is 8.11. The Bertz CT molecular complexity index is 1120. The lowest BCUT2D eigenvalue weighted by Crippen LogP contribution is -2.49. The van der Waals surface area contributed by atoms with Crippen molar-refractivity contribution in [2.24, 2.45) is 0 Å². The van der Waals surface area contributed by atoms with E-state index in [9.17, 15) is 15.3 Å². The molecule has 164 valence electrons. The minimum Gasteiger partial charge on any atom is -0.507 e. The van der Waals surface area contributed by atoms with Crippen molar-refractivity contribution in [2.75, 3.05) is 38.2 Å². The molecular formula is C21H25N5O5. The van der Waals surface area contributed by atoms with E-state index in [0.717, 1.165) is 11.1 Å². The Morgan fingerprint density at radius 1 is 1.29 bits per heavy atom. The number of anilines is 1. The van der Waals surface area contributed by atoms with Gasteiger partial charge in [0, 0.05) is 43.2 Å². The Morgan fingerprint density at radius 2 is 2.16 bits per heavy atom. The number of ether oxygens (including phenoxy) is 1. The fraction of sp³-hybridized carbons (Fsp3) is 0.476. The summed E-state index contributed by atoms with van der Waals surface area (Å²) in [6.45, 7) is 4.19. The number of phenolic OH excluding ortho intramolecular Hbond substituents is 1. The van der Waals surface area contributed by atoms with Crippen molar-refractivity contribution >= 4 is 17.4 Å². The minimum atomic E-state index is -0.486. The van der Waals surface area contributed by atoms with Gasteiger partial charge in [-0.05, 0) is 25.0 Å². The Hall–Kier alpha value is -2.95. The zero-order valence-corrected chi connectivity index (χ0v) is 17.2. The molecule has 4 N–H and O–H groups in total. The average molecular weight is 427 g/mol. The molecule has 1 aromatic carbocycles. The van der Waals surface area contributed by atoms with Crippen LogP contribution in [-0.4, -0.2) is 80.2 Å². The number of aliphatic hydroxyl groups excluding tert-OH is 2. The first kappa shape index (κ1) is 20.0. The minimum absolute atomic E-state index is 0.0417. The summed E-state index contributed by atoms with van der Waals surface area (Å²) in [6, 6.07) is 2.11. The monoisotopic (exact) mass is 427 g/mol. The molecule has 0 aliphatic carbocycles. The largest absolute Gasteiger partial charge is 0.507 e. The first-order chi connectivity index (χ1) is 15.0. The van der Waals surface area contributed by atoms with Crippen molar-refractivity contribution in [3.8, 4) is 22.8 Å². The third-order valence-corrected chi connectivity index (χ3v) is 5.80. The summed E-state index contributed by atoms with van der Waals surface area (Å²) in [5.41, 5.74) is 3.38. The number of likely N-dealkylation sites (tertiary alicyclic amines) is 1. The quantitative estimate of drug-likeness (QED) is 0.468. The van der Waals surface area contributed by atoms with Crippen LogP contribution < -0.4 is 10.1 Å². The van der Waals surface area contributed by atoms with Gasteiger partial charge < -0.3 is 29.8 Å². The van der Waals surface area contributed by atoms with Crippen LogP contribution in [0.3, 0.4) is 0 Å². The third kappa shape index (κ3) is 3.78. The molecule has 0 amide bonds. The molecule has 2 aliphatic rings. The summed E-state index contributed by atoms with van der Waals surface area (Å²) < 4.78 is 11.3. The van der Waals surface area contributed by atoms with Crippen molar-refractivity contribution < 1.29 is 24.5 Å². The number of fused-ring (bicyclic) bond motifs is 2. The highest BCUT2D eigenvalue weighted by atomic mass is 16.5. The van der Waals surface area contributed by atoms with Gasteiger partial charge in [-0.25, -0.2) is 9.97 Å². The van der Waals surface area contributed by atoms with Gasteiger partial charge in [0.2, 0.25) is 5.65 Å². The fourth-order valence-electron chi connectivity index (χ4n) is 4.44. The summed E-state index contributed by atoms with van der Waals surface area (Å²) in [6.07, 6.45) is 2.29. The number of aliphatic hydroxyl groups is 2. The number of phenols is 1. The topological polar surface area (TPSA) is 137 Å². The van der Waals surface area contributed by atoms with Crippen LogP contribution in [0.5, 0.6) is 11.5 Å². The van der Waals surface area contributed by atoms with Gasteiger partial charge in [-0.1, -0.05) is 0 Å². The van der Waals surface area contributed by atoms with Crippen LogP contribution in [0.1, 0.15) is 17.5 Å². The van der Waals surface area contributed by atoms with E-state index in [-0.39, 0.29) is 30.1 Å². The van der Waals surface area contributed by atoms with E-state index in [1.807, 2.05) is 17.9 Å². The lowest BCUT2D eigenvalue weighted by Gasteiger charge is -2.35. The number of piperidine rings is 1. The predicted octanol–water partition coefficient (Wildman–Crippen LogP) is 1.07. The SMILES string of the molecule is Cc1cc2c(c(O)c1-c1cnc3oc(N[C@@H]4C[C@H](O)CN(CCO)C4)nc3n1)CCO2. The normalized spacial score (nSPS) is 21.3. The number of aryl methyl sites for hydroxylation is 1. The van der Waals surface area contributed by atoms with E-state index in [4.69, 9.17) is 9.15 Å². The first-order valence-electron chi connectivity index (χ1n) is 10.4. The van der Waals surface area contributed by atoms with Crippen LogP contribution in [-0.2, 0) is 6.42 Å². The zero-order chi connectivity index (χ0) is 21.5. The summed E-state index contributed by atoms with van der Waals surface area (Å²) in [5.74, 6) is 0.883. The molecule has 0 saturated carbocycles. The molecule has 31 heavy (non-hydrogen) atoms. The average Bonchev–Trinajstić information content (AvgIpc) is 3.33. The van der Waals surface area contributed by atoms with E-state index in [1.54, 1.807) is 6.20 Å². The number of hydrogen-bond acceptors (Lipinski definition) is 10. The first-order valence-corrected chi connectivity index (χ1v) is 10.4. The number of aromatic nitrogens is 3. The maximum Gasteiger partial charge on any atom is 0.298 e. The van der Waals surface area contributed by atoms with Crippen LogP contribution in [0.25, 0.3) is 22.6 Å². The molecule has 2 aliphatic heterocycles. The molecule has 10 nitrogen and oxygen atoms in total. The number of β-amino-alcohol motifs (C(OH)–C–C–N with tert-alkyl or cyclic N) is 2. The standard InChI is InChI=1S/C21H25N5O5/c1-11-6-16-14(2-5-30-16)18(29)17(11)15-8-22-20-19(24-15)25-21(31-20)23-12-7-13(28)10-26(9-12)3-4-27/h6,8,12-13,27-29H,2-5,7,9-10H2,1H3,(H,23,24,25)/t12-,13+/m1/s1. The maximum absolute atomic E-state index is 10.8. The van der Waals surface area contributed by atoms with Gasteiger partial charge in [0.25, 0.3) is 11.7 Å². The highest BCUT2D eigenvalue weighted by Gasteiger charge is 2.27. The molecule has 2 aromatic heterocycles. The molecule has 1 saturated heterocycles. The van der Waals surface area contributed by atoms with E-state index >= 15 is 0 Å². The Kier molecular flexibility index (Phi) is 5.12. The molecule has 0 spiro atoms. The van der Waals surface area contributed by atoms with E-state index < -0.39 is 6.10 Å². The van der Waals surface area contributed by atoms with E-state index in [0.29, 0.717) is 61.7 Å². The van der Waals surface area contributed by atoms with Crippen LogP contribution in [0.4, 0.5) is 6.01 Å². The van der Waals surface area contributed by atoms with Crippen molar-refractivity contribution in [3.63, 3.8) is 0 Å². The summed E-state index contributed by atoms with van der Waals surface area (Å²) in [7, 11) is 0. The molecule has 10 heteroatoms. The molecule has 4 heterocycles. The summed E-state index contributed by atoms with van der Waals surface area (Å²) >= 11 is 0.